The number of fused-ring (bicyclic) bond motifs is 1. The SMILES string of the molecule is COc1cccc(CNc2ccc3c(c2)OCO3)c1. The highest BCUT2D eigenvalue weighted by atomic mass is 16.7. The zero-order chi connectivity index (χ0) is 13.1. The molecule has 1 heterocycles. The molecule has 0 unspecified atom stereocenters. The van der Waals surface area contributed by atoms with Gasteiger partial charge in [-0.3, -0.25) is 0 Å². The number of anilines is 1. The third-order valence-corrected chi connectivity index (χ3v) is 3.00. The Hall–Kier alpha value is -2.36. The smallest absolute Gasteiger partial charge is 0.231 e. The predicted octanol–water partition coefficient (Wildman–Crippen LogP) is 3.04. The standard InChI is InChI=1S/C15H15NO3/c1-17-13-4-2-3-11(7-13)9-16-12-5-6-14-15(8-12)19-10-18-14/h2-8,16H,9-10H2,1H3. The van der Waals surface area contributed by atoms with Crippen LogP contribution in [0.4, 0.5) is 5.69 Å². The molecular weight excluding hydrogens is 242 g/mol. The van der Waals surface area contributed by atoms with E-state index in [1.165, 1.54) is 0 Å². The summed E-state index contributed by atoms with van der Waals surface area (Å²) in [5.41, 5.74) is 2.17. The number of ether oxygens (including phenoxy) is 3. The second-order valence-electron chi connectivity index (χ2n) is 4.27. The van der Waals surface area contributed by atoms with Crippen LogP contribution in [0, 0.1) is 0 Å². The molecule has 2 aromatic rings. The highest BCUT2D eigenvalue weighted by Gasteiger charge is 2.12. The van der Waals surface area contributed by atoms with Crippen molar-refractivity contribution in [2.75, 3.05) is 19.2 Å². The van der Waals surface area contributed by atoms with Gasteiger partial charge in [0.25, 0.3) is 0 Å². The molecule has 4 heteroatoms. The minimum Gasteiger partial charge on any atom is -0.497 e. The van der Waals surface area contributed by atoms with Crippen LogP contribution in [0.3, 0.4) is 0 Å². The number of methoxy groups -OCH3 is 1. The van der Waals surface area contributed by atoms with Crippen LogP contribution in [-0.2, 0) is 6.54 Å². The second kappa shape index (κ2) is 5.10. The van der Waals surface area contributed by atoms with E-state index in [0.29, 0.717) is 6.79 Å². The lowest BCUT2D eigenvalue weighted by Gasteiger charge is -2.08. The van der Waals surface area contributed by atoms with Gasteiger partial charge in [-0.1, -0.05) is 12.1 Å². The first-order valence-electron chi connectivity index (χ1n) is 6.11. The molecule has 0 spiro atoms. The van der Waals surface area contributed by atoms with E-state index in [-0.39, 0.29) is 0 Å². The van der Waals surface area contributed by atoms with E-state index in [4.69, 9.17) is 14.2 Å². The largest absolute Gasteiger partial charge is 0.497 e. The molecule has 1 aliphatic rings. The Morgan fingerprint density at radius 3 is 2.89 bits per heavy atom. The van der Waals surface area contributed by atoms with E-state index >= 15 is 0 Å². The van der Waals surface area contributed by atoms with Crippen LogP contribution in [-0.4, -0.2) is 13.9 Å². The summed E-state index contributed by atoms with van der Waals surface area (Å²) in [5, 5.41) is 3.35. The summed E-state index contributed by atoms with van der Waals surface area (Å²) < 4.78 is 15.8. The summed E-state index contributed by atoms with van der Waals surface area (Å²) in [4.78, 5) is 0. The monoisotopic (exact) mass is 257 g/mol. The number of benzene rings is 2. The average Bonchev–Trinajstić information content (AvgIpc) is 2.93. The zero-order valence-corrected chi connectivity index (χ0v) is 10.7. The van der Waals surface area contributed by atoms with Crippen LogP contribution in [0.15, 0.2) is 42.5 Å². The quantitative estimate of drug-likeness (QED) is 0.913. The molecule has 2 aromatic carbocycles. The van der Waals surface area contributed by atoms with Crippen LogP contribution in [0.2, 0.25) is 0 Å². The van der Waals surface area contributed by atoms with Gasteiger partial charge in [0.2, 0.25) is 6.79 Å². The third kappa shape index (κ3) is 2.57. The van der Waals surface area contributed by atoms with Crippen molar-refractivity contribution in [2.24, 2.45) is 0 Å². The fraction of sp³-hybridized carbons (Fsp3) is 0.200. The topological polar surface area (TPSA) is 39.7 Å². The average molecular weight is 257 g/mol. The first-order chi connectivity index (χ1) is 9.35. The lowest BCUT2D eigenvalue weighted by Crippen LogP contribution is -1.99. The fourth-order valence-corrected chi connectivity index (χ4v) is 1.99. The second-order valence-corrected chi connectivity index (χ2v) is 4.27. The van der Waals surface area contributed by atoms with Crippen LogP contribution < -0.4 is 19.5 Å². The Kier molecular flexibility index (Phi) is 3.14. The van der Waals surface area contributed by atoms with Gasteiger partial charge in [0, 0.05) is 18.3 Å². The van der Waals surface area contributed by atoms with Gasteiger partial charge in [0.05, 0.1) is 7.11 Å². The molecule has 0 radical (unpaired) electrons. The number of hydrogen-bond donors (Lipinski definition) is 1. The maximum Gasteiger partial charge on any atom is 0.231 e. The molecule has 0 aliphatic carbocycles. The molecule has 98 valence electrons. The fourth-order valence-electron chi connectivity index (χ4n) is 1.99. The van der Waals surface area contributed by atoms with Crippen molar-refractivity contribution in [3.05, 3.63) is 48.0 Å². The van der Waals surface area contributed by atoms with Gasteiger partial charge in [-0.05, 0) is 29.8 Å². The molecule has 19 heavy (non-hydrogen) atoms. The molecular formula is C15H15NO3. The van der Waals surface area contributed by atoms with Gasteiger partial charge in [0.1, 0.15) is 5.75 Å². The summed E-state index contributed by atoms with van der Waals surface area (Å²) in [6.45, 7) is 1.03. The molecule has 0 atom stereocenters. The third-order valence-electron chi connectivity index (χ3n) is 3.00. The molecule has 1 N–H and O–H groups in total. The maximum absolute atomic E-state index is 5.35. The Morgan fingerprint density at radius 2 is 2.00 bits per heavy atom. The predicted molar refractivity (Wildman–Crippen MR) is 72.9 cm³/mol. The van der Waals surface area contributed by atoms with Crippen molar-refractivity contribution in [1.29, 1.82) is 0 Å². The molecule has 0 amide bonds. The van der Waals surface area contributed by atoms with E-state index in [9.17, 15) is 0 Å². The minimum atomic E-state index is 0.300. The molecule has 0 fully saturated rings. The van der Waals surface area contributed by atoms with Crippen molar-refractivity contribution in [2.45, 2.75) is 6.54 Å². The van der Waals surface area contributed by atoms with Crippen LogP contribution in [0.1, 0.15) is 5.56 Å². The molecule has 1 aliphatic heterocycles. The lowest BCUT2D eigenvalue weighted by atomic mass is 10.2. The molecule has 3 rings (SSSR count). The maximum atomic E-state index is 5.35. The molecule has 0 bridgehead atoms. The Bertz CT molecular complexity index is 583. The van der Waals surface area contributed by atoms with Crippen molar-refractivity contribution in [3.8, 4) is 17.2 Å². The molecule has 4 nitrogen and oxygen atoms in total. The summed E-state index contributed by atoms with van der Waals surface area (Å²) in [5.74, 6) is 2.45. The van der Waals surface area contributed by atoms with Crippen molar-refractivity contribution in [1.82, 2.24) is 0 Å². The van der Waals surface area contributed by atoms with Gasteiger partial charge in [-0.25, -0.2) is 0 Å². The van der Waals surface area contributed by atoms with E-state index in [1.807, 2.05) is 36.4 Å². The summed E-state index contributed by atoms with van der Waals surface area (Å²) in [6, 6.07) is 13.8. The van der Waals surface area contributed by atoms with Gasteiger partial charge >= 0.3 is 0 Å². The molecule has 0 saturated carbocycles. The summed E-state index contributed by atoms with van der Waals surface area (Å²) in [7, 11) is 1.67. The number of nitrogens with one attached hydrogen (secondary N) is 1. The zero-order valence-electron chi connectivity index (χ0n) is 10.7. The number of hydrogen-bond acceptors (Lipinski definition) is 4. The molecule has 0 saturated heterocycles. The van der Waals surface area contributed by atoms with Gasteiger partial charge in [-0.15, -0.1) is 0 Å². The van der Waals surface area contributed by atoms with Crippen LogP contribution in [0.25, 0.3) is 0 Å². The van der Waals surface area contributed by atoms with Crippen molar-refractivity contribution >= 4 is 5.69 Å². The Balaban J connectivity index is 1.68. The Labute approximate surface area is 111 Å². The summed E-state index contributed by atoms with van der Waals surface area (Å²) in [6.07, 6.45) is 0. The van der Waals surface area contributed by atoms with E-state index < -0.39 is 0 Å². The van der Waals surface area contributed by atoms with Crippen molar-refractivity contribution < 1.29 is 14.2 Å². The lowest BCUT2D eigenvalue weighted by molar-refractivity contribution is 0.174. The summed E-state index contributed by atoms with van der Waals surface area (Å²) >= 11 is 0. The normalized spacial score (nSPS) is 12.3. The minimum absolute atomic E-state index is 0.300. The van der Waals surface area contributed by atoms with Crippen LogP contribution in [0.5, 0.6) is 17.2 Å². The highest BCUT2D eigenvalue weighted by Crippen LogP contribution is 2.34. The van der Waals surface area contributed by atoms with Gasteiger partial charge in [0.15, 0.2) is 11.5 Å². The van der Waals surface area contributed by atoms with Gasteiger partial charge < -0.3 is 19.5 Å². The first-order valence-corrected chi connectivity index (χ1v) is 6.11. The highest BCUT2D eigenvalue weighted by molar-refractivity contribution is 5.55. The van der Waals surface area contributed by atoms with Gasteiger partial charge in [-0.2, -0.15) is 0 Å². The van der Waals surface area contributed by atoms with E-state index in [1.54, 1.807) is 7.11 Å². The number of rotatable bonds is 4. The molecule has 0 aromatic heterocycles. The van der Waals surface area contributed by atoms with E-state index in [0.717, 1.165) is 35.0 Å². The first kappa shape index (κ1) is 11.7. The van der Waals surface area contributed by atoms with Crippen LogP contribution >= 0.6 is 0 Å². The Morgan fingerprint density at radius 1 is 1.11 bits per heavy atom. The van der Waals surface area contributed by atoms with E-state index in [2.05, 4.69) is 11.4 Å². The van der Waals surface area contributed by atoms with Crippen molar-refractivity contribution in [3.63, 3.8) is 0 Å².